The highest BCUT2D eigenvalue weighted by molar-refractivity contribution is 6.00. The van der Waals surface area contributed by atoms with E-state index >= 15 is 0 Å². The molecule has 0 bridgehead atoms. The third-order valence-corrected chi connectivity index (χ3v) is 3.59. The molecule has 110 valence electrons. The van der Waals surface area contributed by atoms with E-state index in [9.17, 15) is 10.1 Å². The monoisotopic (exact) mass is 294 g/mol. The van der Waals surface area contributed by atoms with Crippen LogP contribution in [0.5, 0.6) is 5.75 Å². The second kappa shape index (κ2) is 5.44. The van der Waals surface area contributed by atoms with E-state index in [1.807, 2.05) is 31.2 Å². The summed E-state index contributed by atoms with van der Waals surface area (Å²) in [5.74, 6) is 0.735. The highest BCUT2D eigenvalue weighted by atomic mass is 16.6. The van der Waals surface area contributed by atoms with Crippen molar-refractivity contribution in [2.45, 2.75) is 6.92 Å². The van der Waals surface area contributed by atoms with Crippen molar-refractivity contribution in [2.24, 2.45) is 0 Å². The van der Waals surface area contributed by atoms with Gasteiger partial charge in [-0.15, -0.1) is 0 Å². The summed E-state index contributed by atoms with van der Waals surface area (Å²) in [6.07, 6.45) is 1.56. The van der Waals surface area contributed by atoms with Crippen molar-refractivity contribution in [3.8, 4) is 16.9 Å². The Hall–Kier alpha value is -2.95. The summed E-state index contributed by atoms with van der Waals surface area (Å²) in [4.78, 5) is 14.9. The largest absolute Gasteiger partial charge is 0.496 e. The number of benzene rings is 2. The number of aryl methyl sites for hydroxylation is 1. The van der Waals surface area contributed by atoms with Crippen molar-refractivity contribution in [1.29, 1.82) is 0 Å². The zero-order valence-electron chi connectivity index (χ0n) is 12.2. The first-order valence-electron chi connectivity index (χ1n) is 6.79. The van der Waals surface area contributed by atoms with Gasteiger partial charge in [0.05, 0.1) is 12.0 Å². The number of nitro benzene ring substituents is 1. The number of fused-ring (bicyclic) bond motifs is 1. The molecule has 0 saturated heterocycles. The number of ether oxygens (including phenoxy) is 1. The maximum Gasteiger partial charge on any atom is 0.295 e. The Labute approximate surface area is 127 Å². The first-order valence-corrected chi connectivity index (χ1v) is 6.79. The van der Waals surface area contributed by atoms with Crippen molar-refractivity contribution < 1.29 is 9.66 Å². The molecule has 3 rings (SSSR count). The molecule has 0 radical (unpaired) electrons. The molecule has 5 heteroatoms. The van der Waals surface area contributed by atoms with Crippen LogP contribution in [0.15, 0.2) is 48.7 Å². The van der Waals surface area contributed by atoms with Gasteiger partial charge in [0.15, 0.2) is 0 Å². The summed E-state index contributed by atoms with van der Waals surface area (Å²) >= 11 is 0. The van der Waals surface area contributed by atoms with E-state index in [1.54, 1.807) is 25.4 Å². The summed E-state index contributed by atoms with van der Waals surface area (Å²) in [5.41, 5.74) is 3.23. The molecule has 0 atom stereocenters. The fraction of sp³-hybridized carbons (Fsp3) is 0.118. The van der Waals surface area contributed by atoms with Crippen LogP contribution in [0.4, 0.5) is 5.69 Å². The Morgan fingerprint density at radius 2 is 1.91 bits per heavy atom. The Kier molecular flexibility index (Phi) is 3.47. The number of hydrogen-bond acceptors (Lipinski definition) is 4. The SMILES string of the molecule is COc1cc(C)ccc1-c1ccc([N+](=O)[O-])c2ncccc12. The van der Waals surface area contributed by atoms with Crippen LogP contribution in [-0.2, 0) is 0 Å². The number of hydrogen-bond donors (Lipinski definition) is 0. The van der Waals surface area contributed by atoms with Crippen LogP contribution in [-0.4, -0.2) is 17.0 Å². The zero-order valence-corrected chi connectivity index (χ0v) is 12.2. The molecule has 0 aliphatic heterocycles. The Balaban J connectivity index is 2.34. The van der Waals surface area contributed by atoms with Crippen molar-refractivity contribution >= 4 is 16.6 Å². The second-order valence-electron chi connectivity index (χ2n) is 4.99. The molecule has 22 heavy (non-hydrogen) atoms. The standard InChI is InChI=1S/C17H14N2O3/c1-11-5-6-13(16(10-11)22-2)12-7-8-15(19(20)21)17-14(12)4-3-9-18-17/h3-10H,1-2H3. The van der Waals surface area contributed by atoms with E-state index in [1.165, 1.54) is 6.07 Å². The Bertz CT molecular complexity index is 875. The summed E-state index contributed by atoms with van der Waals surface area (Å²) in [6.45, 7) is 1.99. The highest BCUT2D eigenvalue weighted by Crippen LogP contribution is 2.37. The molecular weight excluding hydrogens is 280 g/mol. The van der Waals surface area contributed by atoms with E-state index in [0.29, 0.717) is 5.52 Å². The lowest BCUT2D eigenvalue weighted by atomic mass is 9.98. The molecule has 0 N–H and O–H groups in total. The van der Waals surface area contributed by atoms with Crippen molar-refractivity contribution in [3.63, 3.8) is 0 Å². The van der Waals surface area contributed by atoms with Gasteiger partial charge in [0, 0.05) is 23.2 Å². The van der Waals surface area contributed by atoms with Crippen molar-refractivity contribution in [2.75, 3.05) is 7.11 Å². The van der Waals surface area contributed by atoms with E-state index in [0.717, 1.165) is 27.8 Å². The number of pyridine rings is 1. The number of aromatic nitrogens is 1. The zero-order chi connectivity index (χ0) is 15.7. The number of nitrogens with zero attached hydrogens (tertiary/aromatic N) is 2. The topological polar surface area (TPSA) is 65.3 Å². The van der Waals surface area contributed by atoms with Crippen LogP contribution in [0.1, 0.15) is 5.56 Å². The van der Waals surface area contributed by atoms with Crippen LogP contribution in [0.25, 0.3) is 22.0 Å². The first kappa shape index (κ1) is 14.0. The maximum atomic E-state index is 11.2. The van der Waals surface area contributed by atoms with Crippen LogP contribution < -0.4 is 4.74 Å². The minimum absolute atomic E-state index is 0.00503. The summed E-state index contributed by atoms with van der Waals surface area (Å²) < 4.78 is 5.45. The van der Waals surface area contributed by atoms with E-state index in [4.69, 9.17) is 4.74 Å². The van der Waals surface area contributed by atoms with E-state index in [2.05, 4.69) is 4.98 Å². The molecule has 0 saturated carbocycles. The molecule has 2 aromatic carbocycles. The maximum absolute atomic E-state index is 11.2. The van der Waals surface area contributed by atoms with Gasteiger partial charge in [-0.3, -0.25) is 10.1 Å². The molecule has 3 aromatic rings. The lowest BCUT2D eigenvalue weighted by Gasteiger charge is -2.12. The fourth-order valence-electron chi connectivity index (χ4n) is 2.56. The van der Waals surface area contributed by atoms with Crippen LogP contribution >= 0.6 is 0 Å². The van der Waals surface area contributed by atoms with Gasteiger partial charge in [-0.2, -0.15) is 0 Å². The van der Waals surface area contributed by atoms with Gasteiger partial charge >= 0.3 is 0 Å². The molecule has 1 aromatic heterocycles. The fourth-order valence-corrected chi connectivity index (χ4v) is 2.56. The van der Waals surface area contributed by atoms with Gasteiger partial charge < -0.3 is 4.74 Å². The molecule has 0 aliphatic rings. The summed E-state index contributed by atoms with van der Waals surface area (Å²) in [5, 5.41) is 11.9. The van der Waals surface area contributed by atoms with Gasteiger partial charge in [0.2, 0.25) is 0 Å². The predicted octanol–water partition coefficient (Wildman–Crippen LogP) is 4.13. The molecular formula is C17H14N2O3. The molecule has 0 aliphatic carbocycles. The van der Waals surface area contributed by atoms with Gasteiger partial charge in [-0.1, -0.05) is 18.2 Å². The van der Waals surface area contributed by atoms with Crippen molar-refractivity contribution in [3.05, 3.63) is 64.3 Å². The van der Waals surface area contributed by atoms with Gasteiger partial charge in [-0.25, -0.2) is 4.98 Å². The average molecular weight is 294 g/mol. The smallest absolute Gasteiger partial charge is 0.295 e. The second-order valence-corrected chi connectivity index (χ2v) is 4.99. The molecule has 0 amide bonds. The number of non-ortho nitro benzene ring substituents is 1. The van der Waals surface area contributed by atoms with Gasteiger partial charge in [0.25, 0.3) is 5.69 Å². The van der Waals surface area contributed by atoms with Crippen LogP contribution in [0.2, 0.25) is 0 Å². The lowest BCUT2D eigenvalue weighted by molar-refractivity contribution is -0.383. The molecule has 0 unspecified atom stereocenters. The molecule has 0 spiro atoms. The van der Waals surface area contributed by atoms with Crippen LogP contribution in [0, 0.1) is 17.0 Å². The normalized spacial score (nSPS) is 10.6. The highest BCUT2D eigenvalue weighted by Gasteiger charge is 2.17. The quantitative estimate of drug-likeness (QED) is 0.538. The Morgan fingerprint density at radius 1 is 1.14 bits per heavy atom. The number of rotatable bonds is 3. The first-order chi connectivity index (χ1) is 10.6. The van der Waals surface area contributed by atoms with Crippen LogP contribution in [0.3, 0.4) is 0 Å². The molecule has 1 heterocycles. The predicted molar refractivity (Wildman–Crippen MR) is 85.1 cm³/mol. The van der Waals surface area contributed by atoms with Crippen molar-refractivity contribution in [1.82, 2.24) is 4.98 Å². The third-order valence-electron chi connectivity index (χ3n) is 3.59. The lowest BCUT2D eigenvalue weighted by Crippen LogP contribution is -1.94. The minimum atomic E-state index is -0.411. The molecule has 5 nitrogen and oxygen atoms in total. The van der Waals surface area contributed by atoms with Gasteiger partial charge in [-0.05, 0) is 36.2 Å². The summed E-state index contributed by atoms with van der Waals surface area (Å²) in [7, 11) is 1.62. The summed E-state index contributed by atoms with van der Waals surface area (Å²) in [6, 6.07) is 12.7. The Morgan fingerprint density at radius 3 is 2.64 bits per heavy atom. The number of methoxy groups -OCH3 is 1. The van der Waals surface area contributed by atoms with Gasteiger partial charge in [0.1, 0.15) is 11.3 Å². The number of nitro groups is 1. The third kappa shape index (κ3) is 2.26. The minimum Gasteiger partial charge on any atom is -0.496 e. The average Bonchev–Trinajstić information content (AvgIpc) is 2.53. The molecule has 0 fully saturated rings. The van der Waals surface area contributed by atoms with E-state index < -0.39 is 4.92 Å². The van der Waals surface area contributed by atoms with E-state index in [-0.39, 0.29) is 5.69 Å².